The van der Waals surface area contributed by atoms with Gasteiger partial charge < -0.3 is 14.5 Å². The molecule has 3 aromatic rings. The Morgan fingerprint density at radius 2 is 1.83 bits per heavy atom. The number of rotatable bonds is 8. The topological polar surface area (TPSA) is 90.4 Å². The van der Waals surface area contributed by atoms with Crippen molar-refractivity contribution in [1.29, 1.82) is 0 Å². The molecule has 2 aromatic carbocycles. The smallest absolute Gasteiger partial charge is 0.291 e. The van der Waals surface area contributed by atoms with Crippen molar-refractivity contribution in [3.8, 4) is 0 Å². The highest BCUT2D eigenvalue weighted by atomic mass is 35.5. The van der Waals surface area contributed by atoms with Crippen LogP contribution in [0.15, 0.2) is 66.1 Å². The predicted octanol–water partition coefficient (Wildman–Crippen LogP) is 5.87. The van der Waals surface area contributed by atoms with E-state index in [0.717, 1.165) is 21.2 Å². The second kappa shape index (κ2) is 12.7. The summed E-state index contributed by atoms with van der Waals surface area (Å²) in [6, 6.07) is 13.2. The van der Waals surface area contributed by atoms with E-state index in [2.05, 4.69) is 4.98 Å². The summed E-state index contributed by atoms with van der Waals surface area (Å²) >= 11 is 19.8. The fourth-order valence-corrected chi connectivity index (χ4v) is 3.98. The lowest BCUT2D eigenvalue weighted by Gasteiger charge is -2.19. The highest BCUT2D eigenvalue weighted by Gasteiger charge is 2.13. The Morgan fingerprint density at radius 3 is 2.43 bits per heavy atom. The first-order valence-corrected chi connectivity index (χ1v) is 10.7. The first-order chi connectivity index (χ1) is 14.3. The molecule has 1 unspecified atom stereocenters. The van der Waals surface area contributed by atoms with E-state index in [-0.39, 0.29) is 6.10 Å². The van der Waals surface area contributed by atoms with Gasteiger partial charge in [0.1, 0.15) is 0 Å². The molecule has 0 fully saturated rings. The largest absolute Gasteiger partial charge is 0.371 e. The average molecular weight is 491 g/mol. The van der Waals surface area contributed by atoms with E-state index in [1.165, 1.54) is 0 Å². The maximum atomic E-state index is 8.36. The molecular formula is C19H18Cl3N3O4S. The number of hydrogen-bond acceptors (Lipinski definition) is 5. The number of imidazole rings is 1. The lowest BCUT2D eigenvalue weighted by molar-refractivity contribution is -0.742. The maximum Gasteiger partial charge on any atom is 0.291 e. The molecule has 30 heavy (non-hydrogen) atoms. The Kier molecular flexibility index (Phi) is 10.3. The Balaban J connectivity index is 0.000000735. The number of hydrogen-bond donors (Lipinski definition) is 1. The molecule has 1 aromatic heterocycles. The highest BCUT2D eigenvalue weighted by molar-refractivity contribution is 7.99. The van der Waals surface area contributed by atoms with Crippen LogP contribution in [0.5, 0.6) is 0 Å². The van der Waals surface area contributed by atoms with Crippen molar-refractivity contribution in [3.05, 3.63) is 91.9 Å². The second-order valence-electron chi connectivity index (χ2n) is 5.94. The minimum Gasteiger partial charge on any atom is -0.371 e. The van der Waals surface area contributed by atoms with Crippen molar-refractivity contribution in [2.45, 2.75) is 24.2 Å². The number of halogens is 3. The van der Waals surface area contributed by atoms with Gasteiger partial charge in [-0.2, -0.15) is 0 Å². The molecular weight excluding hydrogens is 473 g/mol. The molecule has 1 atom stereocenters. The number of aromatic nitrogens is 2. The van der Waals surface area contributed by atoms with Gasteiger partial charge in [-0.15, -0.1) is 21.9 Å². The van der Waals surface area contributed by atoms with E-state index in [0.29, 0.717) is 23.2 Å². The number of ether oxygens (including phenoxy) is 1. The van der Waals surface area contributed by atoms with Crippen LogP contribution >= 0.6 is 46.6 Å². The van der Waals surface area contributed by atoms with Gasteiger partial charge >= 0.3 is 0 Å². The van der Waals surface area contributed by atoms with Crippen LogP contribution in [-0.2, 0) is 17.9 Å². The molecule has 0 saturated heterocycles. The van der Waals surface area contributed by atoms with Gasteiger partial charge in [-0.25, -0.2) is 4.98 Å². The van der Waals surface area contributed by atoms with Gasteiger partial charge in [0.05, 0.1) is 30.6 Å². The third-order valence-corrected chi connectivity index (χ3v) is 5.81. The van der Waals surface area contributed by atoms with Gasteiger partial charge in [-0.05, 0) is 35.9 Å². The Labute approximate surface area is 192 Å². The Hall–Kier alpha value is -1.97. The fraction of sp³-hybridized carbons (Fsp3) is 0.211. The molecule has 0 radical (unpaired) electrons. The summed E-state index contributed by atoms with van der Waals surface area (Å²) in [5.74, 6) is 0.757. The molecule has 7 nitrogen and oxygen atoms in total. The highest BCUT2D eigenvalue weighted by Crippen LogP contribution is 2.30. The number of thioether (sulfide) groups is 1. The lowest BCUT2D eigenvalue weighted by Crippen LogP contribution is -2.22. The van der Waals surface area contributed by atoms with Crippen LogP contribution in [0.3, 0.4) is 0 Å². The fourth-order valence-electron chi connectivity index (χ4n) is 2.35. The van der Waals surface area contributed by atoms with E-state index in [1.807, 2.05) is 47.2 Å². The molecule has 0 aliphatic carbocycles. The summed E-state index contributed by atoms with van der Waals surface area (Å²) in [7, 11) is 0. The van der Waals surface area contributed by atoms with Gasteiger partial charge in [-0.3, -0.25) is 0 Å². The third kappa shape index (κ3) is 9.23. The predicted molar refractivity (Wildman–Crippen MR) is 118 cm³/mol. The normalized spacial score (nSPS) is 11.4. The van der Waals surface area contributed by atoms with Gasteiger partial charge in [0.15, 0.2) is 0 Å². The van der Waals surface area contributed by atoms with Crippen molar-refractivity contribution >= 4 is 46.6 Å². The molecule has 0 spiro atoms. The molecule has 0 aliphatic heterocycles. The zero-order valence-corrected chi connectivity index (χ0v) is 18.6. The molecule has 0 amide bonds. The number of nitrogens with zero attached hydrogens (tertiary/aromatic N) is 3. The monoisotopic (exact) mass is 489 g/mol. The second-order valence-corrected chi connectivity index (χ2v) is 8.28. The molecule has 0 aliphatic rings. The zero-order valence-electron chi connectivity index (χ0n) is 15.5. The van der Waals surface area contributed by atoms with Crippen molar-refractivity contribution in [3.63, 3.8) is 0 Å². The SMILES string of the molecule is Clc1ccc(COC(CSc2ccc(Cl)cc2Cl)Cn2ccnc2)cc1.O=[N+]([O-])O. The third-order valence-electron chi connectivity index (χ3n) is 3.69. The molecule has 11 heteroatoms. The summed E-state index contributed by atoms with van der Waals surface area (Å²) in [5.41, 5.74) is 1.08. The van der Waals surface area contributed by atoms with Crippen LogP contribution in [0.4, 0.5) is 0 Å². The van der Waals surface area contributed by atoms with E-state index < -0.39 is 5.09 Å². The molecule has 1 N–H and O–H groups in total. The molecule has 0 saturated carbocycles. The molecule has 1 heterocycles. The lowest BCUT2D eigenvalue weighted by atomic mass is 10.2. The minimum absolute atomic E-state index is 0.00313. The summed E-state index contributed by atoms with van der Waals surface area (Å²) in [6.45, 7) is 1.23. The minimum atomic E-state index is -1.50. The van der Waals surface area contributed by atoms with E-state index in [1.54, 1.807) is 30.4 Å². The Morgan fingerprint density at radius 1 is 1.17 bits per heavy atom. The zero-order chi connectivity index (χ0) is 21.9. The first-order valence-electron chi connectivity index (χ1n) is 8.56. The van der Waals surface area contributed by atoms with E-state index in [9.17, 15) is 0 Å². The van der Waals surface area contributed by atoms with Crippen molar-refractivity contribution in [1.82, 2.24) is 9.55 Å². The standard InChI is InChI=1S/C19H17Cl3N2OS.HNO3/c20-15-3-1-14(2-4-15)11-25-17(10-24-8-7-23-13-24)12-26-19-6-5-16(21)9-18(19)22;2-1(3)4/h1-9,13,17H,10-12H2;(H,2,3,4). The molecule has 3 rings (SSSR count). The molecule has 0 bridgehead atoms. The summed E-state index contributed by atoms with van der Waals surface area (Å²) in [6.07, 6.45) is 5.48. The molecule has 160 valence electrons. The van der Waals surface area contributed by atoms with Gasteiger partial charge in [0, 0.05) is 33.1 Å². The summed E-state index contributed by atoms with van der Waals surface area (Å²) in [5, 5.41) is 15.6. The van der Waals surface area contributed by atoms with Crippen LogP contribution < -0.4 is 0 Å². The van der Waals surface area contributed by atoms with Crippen molar-refractivity contribution in [2.75, 3.05) is 5.75 Å². The van der Waals surface area contributed by atoms with Crippen LogP contribution in [0.25, 0.3) is 0 Å². The van der Waals surface area contributed by atoms with Crippen LogP contribution in [0.1, 0.15) is 5.56 Å². The van der Waals surface area contributed by atoms with Crippen LogP contribution in [-0.4, -0.2) is 31.7 Å². The quantitative estimate of drug-likeness (QED) is 0.241. The number of benzene rings is 2. The van der Waals surface area contributed by atoms with E-state index in [4.69, 9.17) is 54.9 Å². The maximum absolute atomic E-state index is 8.36. The van der Waals surface area contributed by atoms with Crippen LogP contribution in [0.2, 0.25) is 15.1 Å². The summed E-state index contributed by atoms with van der Waals surface area (Å²) < 4.78 is 8.16. The van der Waals surface area contributed by atoms with Crippen molar-refractivity contribution < 1.29 is 15.0 Å². The Bertz CT molecular complexity index is 923. The summed E-state index contributed by atoms with van der Waals surface area (Å²) in [4.78, 5) is 13.4. The average Bonchev–Trinajstić information content (AvgIpc) is 3.19. The van der Waals surface area contributed by atoms with Crippen molar-refractivity contribution in [2.24, 2.45) is 0 Å². The van der Waals surface area contributed by atoms with E-state index >= 15 is 0 Å². The van der Waals surface area contributed by atoms with Gasteiger partial charge in [0.25, 0.3) is 5.09 Å². The van der Waals surface area contributed by atoms with Gasteiger partial charge in [0.2, 0.25) is 0 Å². The first kappa shape index (κ1) is 24.3. The van der Waals surface area contributed by atoms with Gasteiger partial charge in [-0.1, -0.05) is 46.9 Å². The van der Waals surface area contributed by atoms with Crippen LogP contribution in [0, 0.1) is 10.1 Å².